The van der Waals surface area contributed by atoms with Crippen LogP contribution in [0.5, 0.6) is 5.75 Å². The lowest BCUT2D eigenvalue weighted by atomic mass is 10.1. The van der Waals surface area contributed by atoms with Gasteiger partial charge in [-0.25, -0.2) is 4.79 Å². The lowest BCUT2D eigenvalue weighted by Crippen LogP contribution is -2.44. The first-order valence-corrected chi connectivity index (χ1v) is 10.1. The van der Waals surface area contributed by atoms with Gasteiger partial charge in [-0.05, 0) is 51.9 Å². The maximum atomic E-state index is 12.7. The normalized spacial score (nSPS) is 16.2. The molecule has 0 atom stereocenters. The number of rotatable bonds is 5. The van der Waals surface area contributed by atoms with E-state index in [0.717, 1.165) is 30.7 Å². The molecule has 0 bridgehead atoms. The molecule has 1 aliphatic heterocycles. The summed E-state index contributed by atoms with van der Waals surface area (Å²) in [5, 5.41) is 0.688. The van der Waals surface area contributed by atoms with E-state index in [0.29, 0.717) is 45.7 Å². The molecular weight excluding hydrogens is 468 g/mol. The Labute approximate surface area is 169 Å². The van der Waals surface area contributed by atoms with E-state index in [1.54, 1.807) is 14.0 Å². The van der Waals surface area contributed by atoms with Gasteiger partial charge in [0, 0.05) is 26.2 Å². The number of furan rings is 1. The van der Waals surface area contributed by atoms with Crippen LogP contribution in [0.2, 0.25) is 0 Å². The first-order valence-electron chi connectivity index (χ1n) is 8.51. The van der Waals surface area contributed by atoms with Gasteiger partial charge in [-0.3, -0.25) is 4.90 Å². The molecule has 3 rings (SSSR count). The number of likely N-dealkylation sites (N-methyl/N-ethyl adjacent to an activating group) is 1. The molecular formula is C18H22Br2N2O4. The van der Waals surface area contributed by atoms with Crippen molar-refractivity contribution in [2.24, 2.45) is 0 Å². The number of carbonyl (C=O) groups excluding carboxylic acids is 1. The largest absolute Gasteiger partial charge is 0.494 e. The van der Waals surface area contributed by atoms with Crippen LogP contribution in [-0.4, -0.2) is 62.7 Å². The minimum atomic E-state index is -0.375. The molecule has 142 valence electrons. The Balaban J connectivity index is 2.07. The highest BCUT2D eigenvalue weighted by Gasteiger charge is 2.28. The molecule has 6 nitrogen and oxygen atoms in total. The van der Waals surface area contributed by atoms with Crippen LogP contribution < -0.4 is 4.74 Å². The maximum Gasteiger partial charge on any atom is 0.342 e. The minimum absolute atomic E-state index is 0.310. The SMILES string of the molecule is CCOC(=O)c1c(CN2CCN(C)CC2)oc2cc(Br)c(OC)c(Br)c12. The number of esters is 1. The highest BCUT2D eigenvalue weighted by Crippen LogP contribution is 2.43. The van der Waals surface area contributed by atoms with Crippen molar-refractivity contribution in [2.45, 2.75) is 13.5 Å². The Morgan fingerprint density at radius 1 is 1.27 bits per heavy atom. The van der Waals surface area contributed by atoms with Crippen molar-refractivity contribution in [3.63, 3.8) is 0 Å². The van der Waals surface area contributed by atoms with Crippen molar-refractivity contribution in [2.75, 3.05) is 46.9 Å². The van der Waals surface area contributed by atoms with E-state index >= 15 is 0 Å². The van der Waals surface area contributed by atoms with E-state index in [2.05, 4.69) is 48.7 Å². The van der Waals surface area contributed by atoms with Crippen molar-refractivity contribution in [3.8, 4) is 5.75 Å². The number of nitrogens with zero attached hydrogens (tertiary/aromatic N) is 2. The number of piperazine rings is 1. The zero-order valence-electron chi connectivity index (χ0n) is 15.1. The van der Waals surface area contributed by atoms with Gasteiger partial charge in [0.15, 0.2) is 0 Å². The second-order valence-electron chi connectivity index (χ2n) is 6.28. The van der Waals surface area contributed by atoms with Crippen molar-refractivity contribution in [1.82, 2.24) is 9.80 Å². The van der Waals surface area contributed by atoms with Crippen molar-refractivity contribution in [1.29, 1.82) is 0 Å². The number of ether oxygens (including phenoxy) is 2. The molecule has 0 unspecified atom stereocenters. The van der Waals surface area contributed by atoms with Gasteiger partial charge in [0.2, 0.25) is 0 Å². The van der Waals surface area contributed by atoms with Crippen LogP contribution >= 0.6 is 31.9 Å². The third-order valence-electron chi connectivity index (χ3n) is 4.55. The fraction of sp³-hybridized carbons (Fsp3) is 0.500. The average molecular weight is 490 g/mol. The first-order chi connectivity index (χ1) is 12.5. The fourth-order valence-electron chi connectivity index (χ4n) is 3.14. The zero-order valence-corrected chi connectivity index (χ0v) is 18.3. The van der Waals surface area contributed by atoms with Crippen LogP contribution in [0.15, 0.2) is 19.4 Å². The van der Waals surface area contributed by atoms with Crippen LogP contribution in [0.4, 0.5) is 0 Å². The fourth-order valence-corrected chi connectivity index (χ4v) is 4.75. The predicted molar refractivity (Wildman–Crippen MR) is 107 cm³/mol. The summed E-state index contributed by atoms with van der Waals surface area (Å²) in [5.74, 6) is 0.874. The van der Waals surface area contributed by atoms with Gasteiger partial charge in [0.25, 0.3) is 0 Å². The Hall–Kier alpha value is -1.09. The monoisotopic (exact) mass is 488 g/mol. The summed E-state index contributed by atoms with van der Waals surface area (Å²) in [5.41, 5.74) is 1.09. The van der Waals surface area contributed by atoms with Crippen LogP contribution in [0.25, 0.3) is 11.0 Å². The van der Waals surface area contributed by atoms with E-state index in [1.807, 2.05) is 6.07 Å². The van der Waals surface area contributed by atoms with E-state index in [4.69, 9.17) is 13.9 Å². The maximum absolute atomic E-state index is 12.7. The van der Waals surface area contributed by atoms with Gasteiger partial charge >= 0.3 is 5.97 Å². The molecule has 0 saturated carbocycles. The molecule has 0 N–H and O–H groups in total. The molecule has 1 saturated heterocycles. The van der Waals surface area contributed by atoms with E-state index < -0.39 is 0 Å². The molecule has 0 spiro atoms. The summed E-state index contributed by atoms with van der Waals surface area (Å²) in [6.45, 7) is 6.55. The number of hydrogen-bond donors (Lipinski definition) is 0. The van der Waals surface area contributed by atoms with Crippen molar-refractivity contribution < 1.29 is 18.7 Å². The smallest absolute Gasteiger partial charge is 0.342 e. The molecule has 0 radical (unpaired) electrons. The minimum Gasteiger partial charge on any atom is -0.494 e. The third kappa shape index (κ3) is 3.78. The topological polar surface area (TPSA) is 55.2 Å². The number of hydrogen-bond acceptors (Lipinski definition) is 6. The number of carbonyl (C=O) groups is 1. The molecule has 8 heteroatoms. The van der Waals surface area contributed by atoms with Gasteiger partial charge in [-0.1, -0.05) is 0 Å². The molecule has 1 aromatic heterocycles. The summed E-state index contributed by atoms with van der Waals surface area (Å²) >= 11 is 7.05. The Bertz CT molecular complexity index is 813. The Morgan fingerprint density at radius 2 is 1.96 bits per heavy atom. The first kappa shape index (κ1) is 19.7. The Morgan fingerprint density at radius 3 is 2.58 bits per heavy atom. The van der Waals surface area contributed by atoms with Crippen molar-refractivity contribution in [3.05, 3.63) is 26.3 Å². The quantitative estimate of drug-likeness (QED) is 0.594. The van der Waals surface area contributed by atoms with E-state index in [-0.39, 0.29) is 5.97 Å². The van der Waals surface area contributed by atoms with Crippen LogP contribution in [0.3, 0.4) is 0 Å². The van der Waals surface area contributed by atoms with Crippen LogP contribution in [0.1, 0.15) is 23.0 Å². The number of halogens is 2. The van der Waals surface area contributed by atoms with Gasteiger partial charge in [0.1, 0.15) is 22.7 Å². The van der Waals surface area contributed by atoms with Gasteiger partial charge in [0.05, 0.1) is 34.6 Å². The number of benzene rings is 1. The molecule has 2 heterocycles. The molecule has 2 aromatic rings. The molecule has 1 aliphatic rings. The number of methoxy groups -OCH3 is 1. The summed E-state index contributed by atoms with van der Waals surface area (Å²) in [6.07, 6.45) is 0. The molecule has 1 fully saturated rings. The summed E-state index contributed by atoms with van der Waals surface area (Å²) in [6, 6.07) is 1.83. The van der Waals surface area contributed by atoms with E-state index in [1.165, 1.54) is 0 Å². The lowest BCUT2D eigenvalue weighted by Gasteiger charge is -2.31. The highest BCUT2D eigenvalue weighted by atomic mass is 79.9. The Kier molecular flexibility index (Phi) is 6.27. The molecule has 0 aliphatic carbocycles. The van der Waals surface area contributed by atoms with Crippen molar-refractivity contribution >= 4 is 48.8 Å². The average Bonchev–Trinajstić information content (AvgIpc) is 2.95. The summed E-state index contributed by atoms with van der Waals surface area (Å²) in [7, 11) is 3.70. The zero-order chi connectivity index (χ0) is 18.8. The molecule has 0 amide bonds. The highest BCUT2D eigenvalue weighted by molar-refractivity contribution is 9.11. The lowest BCUT2D eigenvalue weighted by molar-refractivity contribution is 0.0522. The van der Waals surface area contributed by atoms with Gasteiger partial charge in [-0.15, -0.1) is 0 Å². The van der Waals surface area contributed by atoms with Crippen LogP contribution in [0, 0.1) is 0 Å². The van der Waals surface area contributed by atoms with E-state index in [9.17, 15) is 4.79 Å². The molecule has 1 aromatic carbocycles. The van der Waals surface area contributed by atoms with Gasteiger partial charge in [-0.2, -0.15) is 0 Å². The third-order valence-corrected chi connectivity index (χ3v) is 5.89. The van der Waals surface area contributed by atoms with Gasteiger partial charge < -0.3 is 18.8 Å². The van der Waals surface area contributed by atoms with Crippen LogP contribution in [-0.2, 0) is 11.3 Å². The second kappa shape index (κ2) is 8.29. The molecule has 26 heavy (non-hydrogen) atoms. The summed E-state index contributed by atoms with van der Waals surface area (Å²) in [4.78, 5) is 17.3. The number of fused-ring (bicyclic) bond motifs is 1. The summed E-state index contributed by atoms with van der Waals surface area (Å²) < 4.78 is 18.3. The standard InChI is InChI=1S/C18H22Br2N2O4/c1-4-25-18(23)15-13(10-22-7-5-21(2)6-8-22)26-12-9-11(19)17(24-3)16(20)14(12)15/h9H,4-8,10H2,1-3H3. The second-order valence-corrected chi connectivity index (χ2v) is 7.93. The predicted octanol–water partition coefficient (Wildman–Crippen LogP) is 3.89.